The lowest BCUT2D eigenvalue weighted by molar-refractivity contribution is 0.102. The molecule has 110 valence electrons. The zero-order valence-electron chi connectivity index (χ0n) is 11.4. The third-order valence-electron chi connectivity index (χ3n) is 2.67. The van der Waals surface area contributed by atoms with Crippen LogP contribution in [-0.2, 0) is 0 Å². The summed E-state index contributed by atoms with van der Waals surface area (Å²) in [4.78, 5) is 20.3. The predicted octanol–water partition coefficient (Wildman–Crippen LogP) is 3.97. The van der Waals surface area contributed by atoms with Crippen LogP contribution < -0.4 is 10.6 Å². The van der Waals surface area contributed by atoms with E-state index < -0.39 is 0 Å². The molecule has 2 N–H and O–H groups in total. The Morgan fingerprint density at radius 2 is 2.24 bits per heavy atom. The fourth-order valence-electron chi connectivity index (χ4n) is 1.61. The number of aromatic nitrogens is 2. The minimum atomic E-state index is -0.279. The van der Waals surface area contributed by atoms with Crippen molar-refractivity contribution in [2.75, 3.05) is 17.2 Å². The number of rotatable bonds is 5. The maximum atomic E-state index is 12.2. The average molecular weight is 370 g/mol. The van der Waals surface area contributed by atoms with Crippen molar-refractivity contribution in [1.82, 2.24) is 9.97 Å². The van der Waals surface area contributed by atoms with E-state index in [1.54, 1.807) is 24.5 Å². The van der Waals surface area contributed by atoms with E-state index in [0.29, 0.717) is 26.6 Å². The van der Waals surface area contributed by atoms with Crippen LogP contribution in [0.15, 0.2) is 35.2 Å². The summed E-state index contributed by atoms with van der Waals surface area (Å²) in [6.07, 6.45) is 5.67. The monoisotopic (exact) mass is 368 g/mol. The molecular formula is C14H14BrClN4O. The Kier molecular flexibility index (Phi) is 5.52. The third kappa shape index (κ3) is 4.15. The maximum Gasteiger partial charge on any atom is 0.257 e. The van der Waals surface area contributed by atoms with Gasteiger partial charge in [0.1, 0.15) is 5.82 Å². The lowest BCUT2D eigenvalue weighted by Gasteiger charge is -2.09. The summed E-state index contributed by atoms with van der Waals surface area (Å²) in [7, 11) is 0. The van der Waals surface area contributed by atoms with Gasteiger partial charge in [0.2, 0.25) is 0 Å². The average Bonchev–Trinajstić information content (AvgIpc) is 2.48. The molecular weight excluding hydrogens is 356 g/mol. The van der Waals surface area contributed by atoms with E-state index in [1.165, 1.54) is 6.20 Å². The van der Waals surface area contributed by atoms with Crippen LogP contribution in [-0.4, -0.2) is 22.4 Å². The van der Waals surface area contributed by atoms with Crippen molar-refractivity contribution >= 4 is 44.9 Å². The fourth-order valence-corrected chi connectivity index (χ4v) is 2.19. The van der Waals surface area contributed by atoms with Gasteiger partial charge in [-0.25, -0.2) is 4.98 Å². The normalized spacial score (nSPS) is 10.2. The van der Waals surface area contributed by atoms with Gasteiger partial charge < -0.3 is 10.6 Å². The topological polar surface area (TPSA) is 66.9 Å². The molecule has 21 heavy (non-hydrogen) atoms. The van der Waals surface area contributed by atoms with Crippen molar-refractivity contribution < 1.29 is 4.79 Å². The van der Waals surface area contributed by atoms with Crippen molar-refractivity contribution in [2.45, 2.75) is 13.3 Å². The number of carbonyl (C=O) groups is 1. The Labute approximate surface area is 136 Å². The summed E-state index contributed by atoms with van der Waals surface area (Å²) in [5.41, 5.74) is 1.03. The first-order valence-electron chi connectivity index (χ1n) is 6.42. The molecule has 0 spiro atoms. The Balaban J connectivity index is 2.13. The van der Waals surface area contributed by atoms with Gasteiger partial charge in [0, 0.05) is 25.1 Å². The summed E-state index contributed by atoms with van der Waals surface area (Å²) in [5.74, 6) is 0.304. The van der Waals surface area contributed by atoms with E-state index >= 15 is 0 Å². The van der Waals surface area contributed by atoms with Crippen molar-refractivity contribution in [3.8, 4) is 0 Å². The standard InChI is InChI=1S/C14H14BrClN4O/c1-2-4-18-13-11(16)6-9(7-19-13)14(21)20-12-3-5-17-8-10(12)15/h3,5-8H,2,4H2,1H3,(H,18,19)(H,17,20,21). The van der Waals surface area contributed by atoms with Gasteiger partial charge in [-0.1, -0.05) is 18.5 Å². The molecule has 0 atom stereocenters. The molecule has 2 heterocycles. The first-order valence-corrected chi connectivity index (χ1v) is 7.59. The van der Waals surface area contributed by atoms with Crippen LogP contribution in [0.1, 0.15) is 23.7 Å². The molecule has 2 aromatic rings. The molecule has 0 aliphatic heterocycles. The van der Waals surface area contributed by atoms with Crippen molar-refractivity contribution in [1.29, 1.82) is 0 Å². The Morgan fingerprint density at radius 1 is 1.43 bits per heavy atom. The van der Waals surface area contributed by atoms with Crippen LogP contribution in [0.4, 0.5) is 11.5 Å². The second-order valence-corrected chi connectivity index (χ2v) is 5.55. The zero-order chi connectivity index (χ0) is 15.2. The van der Waals surface area contributed by atoms with Crippen molar-refractivity contribution in [3.63, 3.8) is 0 Å². The maximum absolute atomic E-state index is 12.2. The van der Waals surface area contributed by atoms with E-state index in [9.17, 15) is 4.79 Å². The highest BCUT2D eigenvalue weighted by atomic mass is 79.9. The van der Waals surface area contributed by atoms with Gasteiger partial charge in [-0.05, 0) is 34.5 Å². The molecule has 7 heteroatoms. The van der Waals surface area contributed by atoms with Crippen LogP contribution >= 0.6 is 27.5 Å². The first kappa shape index (κ1) is 15.7. The van der Waals surface area contributed by atoms with Gasteiger partial charge in [0.15, 0.2) is 0 Å². The lowest BCUT2D eigenvalue weighted by atomic mass is 10.2. The number of carbonyl (C=O) groups excluding carboxylic acids is 1. The number of pyridine rings is 2. The van der Waals surface area contributed by atoms with Crippen LogP contribution in [0.2, 0.25) is 5.02 Å². The molecule has 0 aliphatic carbocycles. The van der Waals surface area contributed by atoms with E-state index in [-0.39, 0.29) is 5.91 Å². The second kappa shape index (κ2) is 7.38. The smallest absolute Gasteiger partial charge is 0.257 e. The quantitative estimate of drug-likeness (QED) is 0.837. The van der Waals surface area contributed by atoms with Gasteiger partial charge in [0.25, 0.3) is 5.91 Å². The summed E-state index contributed by atoms with van der Waals surface area (Å²) < 4.78 is 0.707. The highest BCUT2D eigenvalue weighted by molar-refractivity contribution is 9.10. The van der Waals surface area contributed by atoms with Crippen LogP contribution in [0.25, 0.3) is 0 Å². The van der Waals surface area contributed by atoms with Crippen molar-refractivity contribution in [3.05, 3.63) is 45.8 Å². The Hall–Kier alpha value is -1.66. The summed E-state index contributed by atoms with van der Waals surface area (Å²) in [5, 5.41) is 6.29. The van der Waals surface area contributed by atoms with Gasteiger partial charge >= 0.3 is 0 Å². The number of hydrogen-bond acceptors (Lipinski definition) is 4. The highest BCUT2D eigenvalue weighted by Gasteiger charge is 2.11. The predicted molar refractivity (Wildman–Crippen MR) is 87.9 cm³/mol. The van der Waals surface area contributed by atoms with Crippen molar-refractivity contribution in [2.24, 2.45) is 0 Å². The molecule has 2 aromatic heterocycles. The largest absolute Gasteiger partial charge is 0.369 e. The van der Waals surface area contributed by atoms with E-state index in [0.717, 1.165) is 13.0 Å². The molecule has 0 radical (unpaired) electrons. The molecule has 0 saturated carbocycles. The number of nitrogens with one attached hydrogen (secondary N) is 2. The van der Waals surface area contributed by atoms with E-state index in [4.69, 9.17) is 11.6 Å². The molecule has 0 unspecified atom stereocenters. The molecule has 0 aromatic carbocycles. The molecule has 0 aliphatic rings. The van der Waals surface area contributed by atoms with Crippen LogP contribution in [0.5, 0.6) is 0 Å². The molecule has 2 rings (SSSR count). The number of amides is 1. The minimum absolute atomic E-state index is 0.279. The number of halogens is 2. The van der Waals surface area contributed by atoms with Gasteiger partial charge in [-0.3, -0.25) is 9.78 Å². The number of anilines is 2. The van der Waals surface area contributed by atoms with E-state index in [1.807, 2.05) is 0 Å². The Morgan fingerprint density at radius 3 is 2.90 bits per heavy atom. The molecule has 1 amide bonds. The van der Waals surface area contributed by atoms with E-state index in [2.05, 4.69) is 43.5 Å². The highest BCUT2D eigenvalue weighted by Crippen LogP contribution is 2.23. The van der Waals surface area contributed by atoms with Crippen LogP contribution in [0.3, 0.4) is 0 Å². The summed E-state index contributed by atoms with van der Waals surface area (Å²) in [6, 6.07) is 3.30. The van der Waals surface area contributed by atoms with Gasteiger partial charge in [-0.2, -0.15) is 0 Å². The number of nitrogens with zero attached hydrogens (tertiary/aromatic N) is 2. The first-order chi connectivity index (χ1) is 10.1. The van der Waals surface area contributed by atoms with Gasteiger partial charge in [-0.15, -0.1) is 0 Å². The third-order valence-corrected chi connectivity index (χ3v) is 3.59. The molecule has 0 saturated heterocycles. The SMILES string of the molecule is CCCNc1ncc(C(=O)Nc2ccncc2Br)cc1Cl. The van der Waals surface area contributed by atoms with Gasteiger partial charge in [0.05, 0.1) is 20.7 Å². The minimum Gasteiger partial charge on any atom is -0.369 e. The fraction of sp³-hybridized carbons (Fsp3) is 0.214. The molecule has 5 nitrogen and oxygen atoms in total. The van der Waals surface area contributed by atoms with Crippen LogP contribution in [0, 0.1) is 0 Å². The second-order valence-electron chi connectivity index (χ2n) is 4.29. The lowest BCUT2D eigenvalue weighted by Crippen LogP contribution is -2.13. The summed E-state index contributed by atoms with van der Waals surface area (Å²) >= 11 is 9.44. The zero-order valence-corrected chi connectivity index (χ0v) is 13.7. The Bertz CT molecular complexity index is 651. The molecule has 0 fully saturated rings. The summed E-state index contributed by atoms with van der Waals surface area (Å²) in [6.45, 7) is 2.83. The molecule has 0 bridgehead atoms. The number of hydrogen-bond donors (Lipinski definition) is 2.